The SMILES string of the molecule is N#CCCN(CCC#N)C(=O)COc1ccc(Cl)cc1Br. The van der Waals surface area contributed by atoms with Crippen molar-refractivity contribution in [2.24, 2.45) is 0 Å². The molecule has 5 nitrogen and oxygen atoms in total. The van der Waals surface area contributed by atoms with Gasteiger partial charge in [0.05, 0.1) is 29.5 Å². The van der Waals surface area contributed by atoms with Crippen molar-refractivity contribution in [2.75, 3.05) is 19.7 Å². The number of carbonyl (C=O) groups excluding carboxylic acids is 1. The van der Waals surface area contributed by atoms with Crippen molar-refractivity contribution in [3.05, 3.63) is 27.7 Å². The summed E-state index contributed by atoms with van der Waals surface area (Å²) < 4.78 is 6.09. The first kappa shape index (κ1) is 17.3. The molecule has 0 atom stereocenters. The first-order valence-electron chi connectivity index (χ1n) is 6.18. The first-order valence-corrected chi connectivity index (χ1v) is 7.35. The number of hydrogen-bond donors (Lipinski definition) is 0. The van der Waals surface area contributed by atoms with Crippen molar-refractivity contribution in [1.82, 2.24) is 4.90 Å². The van der Waals surface area contributed by atoms with Gasteiger partial charge in [-0.3, -0.25) is 4.79 Å². The Morgan fingerprint density at radius 2 is 1.90 bits per heavy atom. The maximum absolute atomic E-state index is 12.0. The average molecular weight is 371 g/mol. The summed E-state index contributed by atoms with van der Waals surface area (Å²) in [7, 11) is 0. The third kappa shape index (κ3) is 6.03. The Bertz CT molecular complexity index is 563. The van der Waals surface area contributed by atoms with Crippen molar-refractivity contribution < 1.29 is 9.53 Å². The molecule has 0 aromatic heterocycles. The quantitative estimate of drug-likeness (QED) is 0.739. The van der Waals surface area contributed by atoms with Crippen LogP contribution in [0.5, 0.6) is 5.75 Å². The average Bonchev–Trinajstić information content (AvgIpc) is 2.46. The largest absolute Gasteiger partial charge is 0.483 e. The monoisotopic (exact) mass is 369 g/mol. The lowest BCUT2D eigenvalue weighted by atomic mass is 10.3. The number of benzene rings is 1. The minimum absolute atomic E-state index is 0.156. The van der Waals surface area contributed by atoms with Gasteiger partial charge >= 0.3 is 0 Å². The minimum atomic E-state index is -0.262. The van der Waals surface area contributed by atoms with Crippen molar-refractivity contribution in [3.63, 3.8) is 0 Å². The summed E-state index contributed by atoms with van der Waals surface area (Å²) in [4.78, 5) is 13.5. The van der Waals surface area contributed by atoms with Crippen molar-refractivity contribution in [2.45, 2.75) is 12.8 Å². The van der Waals surface area contributed by atoms with Gasteiger partial charge in [0.15, 0.2) is 6.61 Å². The molecule has 21 heavy (non-hydrogen) atoms. The Morgan fingerprint density at radius 1 is 1.29 bits per heavy atom. The molecule has 0 heterocycles. The molecule has 0 radical (unpaired) electrons. The Labute approximate surface area is 136 Å². The van der Waals surface area contributed by atoms with Crippen LogP contribution in [-0.4, -0.2) is 30.5 Å². The first-order chi connectivity index (χ1) is 10.1. The molecule has 0 aliphatic rings. The highest BCUT2D eigenvalue weighted by Gasteiger charge is 2.14. The molecule has 0 N–H and O–H groups in total. The van der Waals surface area contributed by atoms with Gasteiger partial charge in [-0.25, -0.2) is 0 Å². The van der Waals surface area contributed by atoms with Gasteiger partial charge in [-0.2, -0.15) is 10.5 Å². The van der Waals surface area contributed by atoms with Gasteiger partial charge in [0.2, 0.25) is 0 Å². The van der Waals surface area contributed by atoms with E-state index < -0.39 is 0 Å². The third-order valence-electron chi connectivity index (χ3n) is 2.58. The van der Waals surface area contributed by atoms with Gasteiger partial charge in [-0.05, 0) is 34.1 Å². The molecular formula is C14H13BrClN3O2. The maximum Gasteiger partial charge on any atom is 0.260 e. The zero-order valence-corrected chi connectivity index (χ0v) is 13.5. The summed E-state index contributed by atoms with van der Waals surface area (Å²) >= 11 is 9.12. The number of nitriles is 2. The molecule has 110 valence electrons. The van der Waals surface area contributed by atoms with Gasteiger partial charge in [0, 0.05) is 18.1 Å². The van der Waals surface area contributed by atoms with Crippen LogP contribution in [0.3, 0.4) is 0 Å². The summed E-state index contributed by atoms with van der Waals surface area (Å²) in [5.41, 5.74) is 0. The number of amides is 1. The number of carbonyl (C=O) groups is 1. The zero-order chi connectivity index (χ0) is 15.7. The van der Waals surface area contributed by atoms with E-state index in [4.69, 9.17) is 26.9 Å². The lowest BCUT2D eigenvalue weighted by Gasteiger charge is -2.20. The standard InChI is InChI=1S/C14H13BrClN3O2/c15-12-9-11(16)3-4-13(12)21-10-14(20)19(7-1-5-17)8-2-6-18/h3-4,9H,1-2,7-8,10H2. The smallest absolute Gasteiger partial charge is 0.260 e. The zero-order valence-electron chi connectivity index (χ0n) is 11.2. The number of hydrogen-bond acceptors (Lipinski definition) is 4. The number of rotatable bonds is 7. The van der Waals surface area contributed by atoms with E-state index in [2.05, 4.69) is 15.9 Å². The van der Waals surface area contributed by atoms with Crippen molar-refractivity contribution >= 4 is 33.4 Å². The summed E-state index contributed by atoms with van der Waals surface area (Å²) in [5.74, 6) is 0.246. The molecule has 1 aromatic carbocycles. The number of ether oxygens (including phenoxy) is 1. The van der Waals surface area contributed by atoms with Crippen LogP contribution < -0.4 is 4.74 Å². The highest BCUT2D eigenvalue weighted by molar-refractivity contribution is 9.10. The molecule has 0 saturated heterocycles. The molecule has 0 bridgehead atoms. The molecule has 1 aromatic rings. The normalized spacial score (nSPS) is 9.52. The Balaban J connectivity index is 2.60. The highest BCUT2D eigenvalue weighted by atomic mass is 79.9. The summed E-state index contributed by atoms with van der Waals surface area (Å²) in [6.07, 6.45) is 0.448. The third-order valence-corrected chi connectivity index (χ3v) is 3.44. The second-order valence-electron chi connectivity index (χ2n) is 4.06. The van der Waals surface area contributed by atoms with Gasteiger partial charge in [0.25, 0.3) is 5.91 Å². The van der Waals surface area contributed by atoms with Crippen molar-refractivity contribution in [1.29, 1.82) is 10.5 Å². The molecule has 0 saturated carbocycles. The molecule has 1 amide bonds. The van der Waals surface area contributed by atoms with Crippen LogP contribution in [0.25, 0.3) is 0 Å². The minimum Gasteiger partial charge on any atom is -0.483 e. The van der Waals surface area contributed by atoms with Gasteiger partial charge in [0.1, 0.15) is 5.75 Å². The molecule has 0 spiro atoms. The molecular weight excluding hydrogens is 358 g/mol. The second kappa shape index (κ2) is 9.23. The fourth-order valence-electron chi connectivity index (χ4n) is 1.55. The summed E-state index contributed by atoms with van der Waals surface area (Å²) in [5, 5.41) is 17.7. The predicted octanol–water partition coefficient (Wildman–Crippen LogP) is 3.14. The molecule has 1 rings (SSSR count). The van der Waals surface area contributed by atoms with Crippen LogP contribution in [0, 0.1) is 22.7 Å². The van der Waals surface area contributed by atoms with Crippen molar-refractivity contribution in [3.8, 4) is 17.9 Å². The Kier molecular flexibility index (Phi) is 7.60. The van der Waals surface area contributed by atoms with E-state index in [1.807, 2.05) is 12.1 Å². The lowest BCUT2D eigenvalue weighted by Crippen LogP contribution is -2.36. The van der Waals surface area contributed by atoms with E-state index in [0.717, 1.165) is 0 Å². The predicted molar refractivity (Wildman–Crippen MR) is 81.7 cm³/mol. The molecule has 0 aliphatic carbocycles. The molecule has 0 aliphatic heterocycles. The van der Waals surface area contributed by atoms with Gasteiger partial charge < -0.3 is 9.64 Å². The van der Waals surface area contributed by atoms with Gasteiger partial charge in [-0.15, -0.1) is 0 Å². The van der Waals surface area contributed by atoms with Gasteiger partial charge in [-0.1, -0.05) is 11.6 Å². The van der Waals surface area contributed by atoms with E-state index in [1.54, 1.807) is 18.2 Å². The molecule has 0 unspecified atom stereocenters. The van der Waals surface area contributed by atoms with E-state index in [-0.39, 0.29) is 25.4 Å². The fraction of sp³-hybridized carbons (Fsp3) is 0.357. The Morgan fingerprint density at radius 3 is 2.43 bits per heavy atom. The summed E-state index contributed by atoms with van der Waals surface area (Å²) in [6.45, 7) is 0.432. The van der Waals surface area contributed by atoms with Crippen LogP contribution in [0.4, 0.5) is 0 Å². The Hall–Kier alpha value is -1.76. The molecule has 7 heteroatoms. The topological polar surface area (TPSA) is 77.1 Å². The van der Waals surface area contributed by atoms with Crippen LogP contribution in [-0.2, 0) is 4.79 Å². The highest BCUT2D eigenvalue weighted by Crippen LogP contribution is 2.27. The molecule has 0 fully saturated rings. The lowest BCUT2D eigenvalue weighted by molar-refractivity contribution is -0.133. The van der Waals surface area contributed by atoms with Crippen LogP contribution >= 0.6 is 27.5 Å². The summed E-state index contributed by atoms with van der Waals surface area (Å²) in [6, 6.07) is 8.95. The fourth-order valence-corrected chi connectivity index (χ4v) is 2.35. The van der Waals surface area contributed by atoms with Crippen LogP contribution in [0.2, 0.25) is 5.02 Å². The van der Waals surface area contributed by atoms with E-state index in [9.17, 15) is 4.79 Å². The van der Waals surface area contributed by atoms with Crippen LogP contribution in [0.1, 0.15) is 12.8 Å². The number of halogens is 2. The number of nitrogens with zero attached hydrogens (tertiary/aromatic N) is 3. The van der Waals surface area contributed by atoms with Crippen LogP contribution in [0.15, 0.2) is 22.7 Å². The van der Waals surface area contributed by atoms with E-state index in [1.165, 1.54) is 4.90 Å². The van der Waals surface area contributed by atoms with E-state index in [0.29, 0.717) is 28.3 Å². The maximum atomic E-state index is 12.0. The second-order valence-corrected chi connectivity index (χ2v) is 5.35. The van der Waals surface area contributed by atoms with E-state index >= 15 is 0 Å².